The Labute approximate surface area is 107 Å². The highest BCUT2D eigenvalue weighted by Gasteiger charge is 2.15. The van der Waals surface area contributed by atoms with Gasteiger partial charge < -0.3 is 9.72 Å². The van der Waals surface area contributed by atoms with Crippen molar-refractivity contribution >= 4 is 28.6 Å². The fourth-order valence-electron chi connectivity index (χ4n) is 1.48. The number of ether oxygens (including phenoxy) is 1. The van der Waals surface area contributed by atoms with Crippen LogP contribution in [0.2, 0.25) is 0 Å². The fraction of sp³-hybridized carbons (Fsp3) is 0.273. The highest BCUT2D eigenvalue weighted by molar-refractivity contribution is 7.98. The lowest BCUT2D eigenvalue weighted by molar-refractivity contribution is 0.0528. The summed E-state index contributed by atoms with van der Waals surface area (Å²) in [4.78, 5) is 34.1. The molecule has 0 aliphatic carbocycles. The predicted molar refractivity (Wildman–Crippen MR) is 67.9 cm³/mol. The molecule has 94 valence electrons. The van der Waals surface area contributed by atoms with Crippen molar-refractivity contribution in [1.29, 1.82) is 0 Å². The van der Waals surface area contributed by atoms with Crippen molar-refractivity contribution in [3.05, 3.63) is 28.3 Å². The van der Waals surface area contributed by atoms with Gasteiger partial charge in [-0.2, -0.15) is 0 Å². The number of esters is 1. The number of carbonyl (C=O) groups excluding carboxylic acids is 1. The maximum atomic E-state index is 11.8. The topological polar surface area (TPSA) is 84.9 Å². The summed E-state index contributed by atoms with van der Waals surface area (Å²) in [7, 11) is 0. The van der Waals surface area contributed by atoms with Gasteiger partial charge in [-0.3, -0.25) is 4.79 Å². The molecule has 1 N–H and O–H groups in total. The molecule has 0 aromatic carbocycles. The number of pyridine rings is 1. The van der Waals surface area contributed by atoms with Gasteiger partial charge in [-0.05, 0) is 13.2 Å². The maximum Gasteiger partial charge on any atom is 0.341 e. The Balaban J connectivity index is 2.70. The molecule has 0 fully saturated rings. The first-order valence-corrected chi connectivity index (χ1v) is 6.49. The van der Waals surface area contributed by atoms with Crippen molar-refractivity contribution < 1.29 is 9.53 Å². The second kappa shape index (κ2) is 5.18. The largest absolute Gasteiger partial charge is 0.462 e. The number of carbonyl (C=O) groups is 1. The third-order valence-electron chi connectivity index (χ3n) is 2.29. The Morgan fingerprint density at radius 2 is 2.33 bits per heavy atom. The Morgan fingerprint density at radius 3 is 3.00 bits per heavy atom. The van der Waals surface area contributed by atoms with Crippen molar-refractivity contribution in [1.82, 2.24) is 15.0 Å². The van der Waals surface area contributed by atoms with Gasteiger partial charge >= 0.3 is 5.97 Å². The summed E-state index contributed by atoms with van der Waals surface area (Å²) in [5, 5.41) is 0.775. The van der Waals surface area contributed by atoms with Crippen molar-refractivity contribution in [2.45, 2.75) is 12.1 Å². The van der Waals surface area contributed by atoms with Crippen LogP contribution in [0.25, 0.3) is 10.9 Å². The van der Waals surface area contributed by atoms with Gasteiger partial charge in [0, 0.05) is 12.4 Å². The SMILES string of the molecule is CCOC(=O)c1c[nH]c(=O)c2cnc(SC)nc12. The van der Waals surface area contributed by atoms with E-state index in [-0.39, 0.29) is 23.1 Å². The molecular weight excluding hydrogens is 254 g/mol. The van der Waals surface area contributed by atoms with E-state index in [4.69, 9.17) is 4.74 Å². The third-order valence-corrected chi connectivity index (χ3v) is 2.85. The zero-order valence-corrected chi connectivity index (χ0v) is 10.7. The van der Waals surface area contributed by atoms with E-state index >= 15 is 0 Å². The highest BCUT2D eigenvalue weighted by Crippen LogP contribution is 2.16. The standard InChI is InChI=1S/C11H11N3O3S/c1-3-17-10(16)7-5-12-9(15)6-4-13-11(18-2)14-8(6)7/h4-5H,3H2,1-2H3,(H,12,15). The average Bonchev–Trinajstić information content (AvgIpc) is 2.39. The zero-order valence-electron chi connectivity index (χ0n) is 9.89. The molecule has 2 aromatic heterocycles. The third kappa shape index (κ3) is 2.21. The maximum absolute atomic E-state index is 11.8. The molecule has 0 aliphatic heterocycles. The van der Waals surface area contributed by atoms with Crippen LogP contribution < -0.4 is 5.56 Å². The van der Waals surface area contributed by atoms with Crippen molar-refractivity contribution in [2.24, 2.45) is 0 Å². The number of fused-ring (bicyclic) bond motifs is 1. The van der Waals surface area contributed by atoms with Gasteiger partial charge in [-0.15, -0.1) is 0 Å². The second-order valence-electron chi connectivity index (χ2n) is 3.37. The highest BCUT2D eigenvalue weighted by atomic mass is 32.2. The van der Waals surface area contributed by atoms with E-state index in [9.17, 15) is 9.59 Å². The summed E-state index contributed by atoms with van der Waals surface area (Å²) in [6.07, 6.45) is 4.55. The lowest BCUT2D eigenvalue weighted by atomic mass is 10.2. The van der Waals surface area contributed by atoms with Gasteiger partial charge in [0.05, 0.1) is 17.5 Å². The molecule has 2 rings (SSSR count). The van der Waals surface area contributed by atoms with Crippen LogP contribution >= 0.6 is 11.8 Å². The second-order valence-corrected chi connectivity index (χ2v) is 4.14. The molecule has 0 unspecified atom stereocenters. The molecule has 0 spiro atoms. The van der Waals surface area contributed by atoms with Gasteiger partial charge in [0.15, 0.2) is 5.16 Å². The lowest BCUT2D eigenvalue weighted by Crippen LogP contribution is -2.14. The monoisotopic (exact) mass is 265 g/mol. The first-order chi connectivity index (χ1) is 8.67. The summed E-state index contributed by atoms with van der Waals surface area (Å²) in [6, 6.07) is 0. The number of aromatic amines is 1. The fourth-order valence-corrected chi connectivity index (χ4v) is 1.82. The molecule has 0 atom stereocenters. The number of H-pyrrole nitrogens is 1. The van der Waals surface area contributed by atoms with Crippen LogP contribution in [0.1, 0.15) is 17.3 Å². The Morgan fingerprint density at radius 1 is 1.56 bits per heavy atom. The van der Waals surface area contributed by atoms with Crippen molar-refractivity contribution in [3.8, 4) is 0 Å². The number of nitrogens with zero attached hydrogens (tertiary/aromatic N) is 2. The molecule has 2 aromatic rings. The predicted octanol–water partition coefficient (Wildman–Crippen LogP) is 1.22. The van der Waals surface area contributed by atoms with Gasteiger partial charge in [0.1, 0.15) is 5.56 Å². The van der Waals surface area contributed by atoms with E-state index in [0.717, 1.165) is 0 Å². The number of nitrogens with one attached hydrogen (secondary N) is 1. The molecule has 18 heavy (non-hydrogen) atoms. The molecule has 0 saturated carbocycles. The van der Waals surface area contributed by atoms with E-state index < -0.39 is 5.97 Å². The van der Waals surface area contributed by atoms with E-state index in [0.29, 0.717) is 10.7 Å². The van der Waals surface area contributed by atoms with Crippen LogP contribution in [0, 0.1) is 0 Å². The summed E-state index contributed by atoms with van der Waals surface area (Å²) in [6.45, 7) is 1.98. The summed E-state index contributed by atoms with van der Waals surface area (Å²) < 4.78 is 4.92. The Bertz CT molecular complexity index is 654. The van der Waals surface area contributed by atoms with Crippen LogP contribution in [0.5, 0.6) is 0 Å². The van der Waals surface area contributed by atoms with Crippen LogP contribution in [0.3, 0.4) is 0 Å². The molecule has 0 amide bonds. The van der Waals surface area contributed by atoms with E-state index in [2.05, 4.69) is 15.0 Å². The van der Waals surface area contributed by atoms with Gasteiger partial charge in [-0.25, -0.2) is 14.8 Å². The van der Waals surface area contributed by atoms with Crippen molar-refractivity contribution in [3.63, 3.8) is 0 Å². The Hall–Kier alpha value is -1.89. The zero-order chi connectivity index (χ0) is 13.1. The van der Waals surface area contributed by atoms with Crippen LogP contribution in [-0.2, 0) is 4.74 Å². The molecule has 0 saturated heterocycles. The van der Waals surface area contributed by atoms with E-state index in [1.54, 1.807) is 6.92 Å². The van der Waals surface area contributed by atoms with Gasteiger partial charge in [0.25, 0.3) is 5.56 Å². The molecule has 6 nitrogen and oxygen atoms in total. The molecule has 0 bridgehead atoms. The average molecular weight is 265 g/mol. The van der Waals surface area contributed by atoms with Gasteiger partial charge in [0.2, 0.25) is 0 Å². The number of rotatable bonds is 3. The minimum Gasteiger partial charge on any atom is -0.462 e. The summed E-state index contributed by atoms with van der Waals surface area (Å²) in [5.41, 5.74) is 0.228. The van der Waals surface area contributed by atoms with Crippen molar-refractivity contribution in [2.75, 3.05) is 12.9 Å². The Kier molecular flexibility index (Phi) is 3.61. The number of hydrogen-bond donors (Lipinski definition) is 1. The smallest absolute Gasteiger partial charge is 0.341 e. The number of aromatic nitrogens is 3. The van der Waals surface area contributed by atoms with Crippen LogP contribution in [0.15, 0.2) is 22.3 Å². The van der Waals surface area contributed by atoms with Gasteiger partial charge in [-0.1, -0.05) is 11.8 Å². The molecular formula is C11H11N3O3S. The molecule has 0 aliphatic rings. The summed E-state index contributed by atoms with van der Waals surface area (Å²) >= 11 is 1.34. The van der Waals surface area contributed by atoms with Crippen LogP contribution in [-0.4, -0.2) is 33.8 Å². The number of hydrogen-bond acceptors (Lipinski definition) is 6. The number of thioether (sulfide) groups is 1. The summed E-state index contributed by atoms with van der Waals surface area (Å²) in [5.74, 6) is -0.510. The van der Waals surface area contributed by atoms with Crippen LogP contribution in [0.4, 0.5) is 0 Å². The minimum atomic E-state index is -0.510. The van der Waals surface area contributed by atoms with E-state index in [1.807, 2.05) is 6.26 Å². The molecule has 7 heteroatoms. The minimum absolute atomic E-state index is 0.240. The molecule has 0 radical (unpaired) electrons. The first kappa shape index (κ1) is 12.6. The quantitative estimate of drug-likeness (QED) is 0.510. The normalized spacial score (nSPS) is 10.6. The first-order valence-electron chi connectivity index (χ1n) is 5.27. The lowest BCUT2D eigenvalue weighted by Gasteiger charge is -2.05. The van der Waals surface area contributed by atoms with E-state index in [1.165, 1.54) is 24.2 Å². The molecule has 2 heterocycles.